The van der Waals surface area contributed by atoms with E-state index >= 15 is 0 Å². The van der Waals surface area contributed by atoms with E-state index < -0.39 is 0 Å². The molecular weight excluding hydrogens is 701 g/mol. The van der Waals surface area contributed by atoms with Crippen molar-refractivity contribution in [3.8, 4) is 22.3 Å². The van der Waals surface area contributed by atoms with Crippen molar-refractivity contribution in [1.29, 1.82) is 0 Å². The Labute approximate surface area is 346 Å². The van der Waals surface area contributed by atoms with Gasteiger partial charge in [-0.05, 0) is 128 Å². The smallest absolute Gasteiger partial charge is 0.0590 e. The van der Waals surface area contributed by atoms with Crippen LogP contribution in [0.4, 0.5) is 34.1 Å². The molecule has 0 unspecified atom stereocenters. The first-order valence-electron chi connectivity index (χ1n) is 20.9. The van der Waals surface area contributed by atoms with Crippen molar-refractivity contribution >= 4 is 34.1 Å². The third-order valence-electron chi connectivity index (χ3n) is 12.9. The van der Waals surface area contributed by atoms with Crippen LogP contribution in [0.25, 0.3) is 22.3 Å². The van der Waals surface area contributed by atoms with Gasteiger partial charge in [0.1, 0.15) is 0 Å². The molecule has 2 aliphatic rings. The number of hydrogen-bond acceptors (Lipinski definition) is 2. The summed E-state index contributed by atoms with van der Waals surface area (Å²) in [5, 5.41) is 0. The number of hydrogen-bond donors (Lipinski definition) is 0. The summed E-state index contributed by atoms with van der Waals surface area (Å²) in [6.07, 6.45) is 0. The lowest BCUT2D eigenvalue weighted by atomic mass is 9.77. The molecule has 0 aromatic heterocycles. The molecule has 58 heavy (non-hydrogen) atoms. The molecule has 0 spiro atoms. The van der Waals surface area contributed by atoms with E-state index in [1.165, 1.54) is 67.0 Å². The number of fused-ring (bicyclic) bond motifs is 6. The summed E-state index contributed by atoms with van der Waals surface area (Å²) < 4.78 is 0. The van der Waals surface area contributed by atoms with E-state index in [2.05, 4.69) is 237 Å². The SMILES string of the molecule is CC(C)(C)c1ccc(N(c2ccccc2)c2ccc3c(c2)C(C)(C)c2cc4c(c(N(c5ccccc5)c5ccc(C(C)(C)C)cc5)c2-3)C(C)(C)c2ccccc2-4)cc1. The standard InChI is InChI=1S/C56H56N2/c1-53(2,3)37-25-29-41(30-26-37)57(39-19-13-11-14-20-39)43-33-34-45-48(35-43)55(7,8)49-36-46-44-23-17-18-24-47(44)56(9,10)51(46)52(50(45)49)58(40-21-15-12-16-22-40)42-31-27-38(28-32-42)54(4,5)6/h11-36H,1-10H3. The first-order chi connectivity index (χ1) is 27.6. The van der Waals surface area contributed by atoms with Gasteiger partial charge in [-0.2, -0.15) is 0 Å². The molecular formula is C56H56N2. The molecule has 7 aromatic carbocycles. The lowest BCUT2D eigenvalue weighted by Crippen LogP contribution is -2.22. The molecule has 2 heteroatoms. The van der Waals surface area contributed by atoms with Crippen molar-refractivity contribution in [1.82, 2.24) is 0 Å². The molecule has 0 bridgehead atoms. The lowest BCUT2D eigenvalue weighted by molar-refractivity contribution is 0.590. The van der Waals surface area contributed by atoms with Crippen LogP contribution in [-0.2, 0) is 21.7 Å². The largest absolute Gasteiger partial charge is 0.310 e. The second-order valence-electron chi connectivity index (χ2n) is 19.5. The van der Waals surface area contributed by atoms with Gasteiger partial charge in [0, 0.05) is 44.8 Å². The number of para-hydroxylation sites is 2. The monoisotopic (exact) mass is 756 g/mol. The Balaban J connectivity index is 1.32. The van der Waals surface area contributed by atoms with Gasteiger partial charge in [-0.1, -0.05) is 160 Å². The Kier molecular flexibility index (Phi) is 8.68. The Morgan fingerprint density at radius 2 is 0.828 bits per heavy atom. The summed E-state index contributed by atoms with van der Waals surface area (Å²) in [5.74, 6) is 0. The Morgan fingerprint density at radius 3 is 1.38 bits per heavy atom. The van der Waals surface area contributed by atoms with Crippen molar-refractivity contribution < 1.29 is 0 Å². The summed E-state index contributed by atoms with van der Waals surface area (Å²) in [7, 11) is 0. The minimum Gasteiger partial charge on any atom is -0.310 e. The van der Waals surface area contributed by atoms with Crippen LogP contribution in [0.2, 0.25) is 0 Å². The van der Waals surface area contributed by atoms with Gasteiger partial charge in [0.15, 0.2) is 0 Å². The molecule has 0 atom stereocenters. The number of benzene rings is 7. The van der Waals surface area contributed by atoms with Crippen LogP contribution in [0.1, 0.15) is 103 Å². The molecule has 0 saturated carbocycles. The van der Waals surface area contributed by atoms with Crippen LogP contribution in [0, 0.1) is 0 Å². The molecule has 0 radical (unpaired) electrons. The van der Waals surface area contributed by atoms with E-state index in [4.69, 9.17) is 0 Å². The second kappa shape index (κ2) is 13.3. The average molecular weight is 757 g/mol. The molecule has 0 fully saturated rings. The van der Waals surface area contributed by atoms with Crippen LogP contribution in [0.5, 0.6) is 0 Å². The molecule has 0 saturated heterocycles. The second-order valence-corrected chi connectivity index (χ2v) is 19.5. The maximum absolute atomic E-state index is 2.56. The predicted molar refractivity (Wildman–Crippen MR) is 248 cm³/mol. The summed E-state index contributed by atoms with van der Waals surface area (Å²) in [5.41, 5.74) is 20.1. The van der Waals surface area contributed by atoms with Gasteiger partial charge in [-0.3, -0.25) is 0 Å². The van der Waals surface area contributed by atoms with Crippen molar-refractivity contribution in [3.63, 3.8) is 0 Å². The van der Waals surface area contributed by atoms with Crippen LogP contribution < -0.4 is 9.80 Å². The fraction of sp³-hybridized carbons (Fsp3) is 0.250. The third kappa shape index (κ3) is 5.99. The van der Waals surface area contributed by atoms with E-state index in [0.29, 0.717) is 0 Å². The zero-order chi connectivity index (χ0) is 40.8. The Hall–Kier alpha value is -5.86. The van der Waals surface area contributed by atoms with E-state index in [-0.39, 0.29) is 21.7 Å². The van der Waals surface area contributed by atoms with Gasteiger partial charge in [0.05, 0.1) is 5.69 Å². The lowest BCUT2D eigenvalue weighted by Gasteiger charge is -2.35. The van der Waals surface area contributed by atoms with Gasteiger partial charge in [0.25, 0.3) is 0 Å². The summed E-state index contributed by atoms with van der Waals surface area (Å²) >= 11 is 0. The summed E-state index contributed by atoms with van der Waals surface area (Å²) in [6, 6.07) is 59.1. The van der Waals surface area contributed by atoms with Crippen molar-refractivity contribution in [2.75, 3.05) is 9.80 Å². The van der Waals surface area contributed by atoms with Crippen molar-refractivity contribution in [3.05, 3.63) is 191 Å². The fourth-order valence-electron chi connectivity index (χ4n) is 9.68. The first kappa shape index (κ1) is 37.7. The number of anilines is 6. The fourth-order valence-corrected chi connectivity index (χ4v) is 9.68. The van der Waals surface area contributed by atoms with Crippen LogP contribution in [0.3, 0.4) is 0 Å². The van der Waals surface area contributed by atoms with E-state index in [1.807, 2.05) is 0 Å². The number of rotatable bonds is 6. The van der Waals surface area contributed by atoms with Gasteiger partial charge in [-0.15, -0.1) is 0 Å². The highest BCUT2D eigenvalue weighted by Crippen LogP contribution is 2.63. The predicted octanol–water partition coefficient (Wildman–Crippen LogP) is 15.8. The third-order valence-corrected chi connectivity index (χ3v) is 12.9. The minimum absolute atomic E-state index is 0.0535. The van der Waals surface area contributed by atoms with E-state index in [0.717, 1.165) is 22.7 Å². The molecule has 2 aliphatic carbocycles. The normalized spacial score (nSPS) is 14.7. The van der Waals surface area contributed by atoms with Gasteiger partial charge in [-0.25, -0.2) is 0 Å². The highest BCUT2D eigenvalue weighted by atomic mass is 15.2. The highest BCUT2D eigenvalue weighted by Gasteiger charge is 2.46. The molecule has 2 nitrogen and oxygen atoms in total. The van der Waals surface area contributed by atoms with E-state index in [1.54, 1.807) is 0 Å². The van der Waals surface area contributed by atoms with Crippen LogP contribution >= 0.6 is 0 Å². The zero-order valence-corrected chi connectivity index (χ0v) is 35.9. The Morgan fingerprint density at radius 1 is 0.362 bits per heavy atom. The molecule has 0 heterocycles. The van der Waals surface area contributed by atoms with Crippen LogP contribution in [-0.4, -0.2) is 0 Å². The molecule has 7 aromatic rings. The van der Waals surface area contributed by atoms with Gasteiger partial charge < -0.3 is 9.80 Å². The Bertz CT molecular complexity index is 2650. The topological polar surface area (TPSA) is 6.48 Å². The zero-order valence-electron chi connectivity index (χ0n) is 35.9. The molecule has 290 valence electrons. The molecule has 0 N–H and O–H groups in total. The van der Waals surface area contributed by atoms with Crippen molar-refractivity contribution in [2.45, 2.75) is 90.9 Å². The molecule has 9 rings (SSSR count). The molecule has 0 aliphatic heterocycles. The maximum atomic E-state index is 2.56. The average Bonchev–Trinajstić information content (AvgIpc) is 3.58. The quantitative estimate of drug-likeness (QED) is 0.167. The number of nitrogens with zero attached hydrogens (tertiary/aromatic N) is 2. The summed E-state index contributed by atoms with van der Waals surface area (Å²) in [4.78, 5) is 4.98. The molecule has 0 amide bonds. The summed E-state index contributed by atoms with van der Waals surface area (Å²) in [6.45, 7) is 23.4. The van der Waals surface area contributed by atoms with E-state index in [9.17, 15) is 0 Å². The highest BCUT2D eigenvalue weighted by molar-refractivity contribution is 6.03. The van der Waals surface area contributed by atoms with Crippen molar-refractivity contribution in [2.24, 2.45) is 0 Å². The minimum atomic E-state index is -0.275. The van der Waals surface area contributed by atoms with Gasteiger partial charge in [0.2, 0.25) is 0 Å². The van der Waals surface area contributed by atoms with Gasteiger partial charge >= 0.3 is 0 Å². The maximum Gasteiger partial charge on any atom is 0.0590 e. The van der Waals surface area contributed by atoms with Crippen LogP contribution in [0.15, 0.2) is 158 Å². The first-order valence-corrected chi connectivity index (χ1v) is 20.9.